The Kier molecular flexibility index (Phi) is 4.12. The predicted molar refractivity (Wildman–Crippen MR) is 73.0 cm³/mol. The number of para-hydroxylation sites is 1. The smallest absolute Gasteiger partial charge is 0.126 e. The van der Waals surface area contributed by atoms with Gasteiger partial charge in [-0.1, -0.05) is 18.2 Å². The van der Waals surface area contributed by atoms with Crippen molar-refractivity contribution in [3.05, 3.63) is 65.2 Å². The van der Waals surface area contributed by atoms with Crippen LogP contribution in [0, 0.1) is 18.6 Å². The Morgan fingerprint density at radius 2 is 1.74 bits per heavy atom. The van der Waals surface area contributed by atoms with Crippen LogP contribution >= 0.6 is 0 Å². The number of nitrogens with one attached hydrogen (secondary N) is 1. The van der Waals surface area contributed by atoms with Crippen LogP contribution in [0.3, 0.4) is 0 Å². The minimum absolute atomic E-state index is 0.247. The number of benzene rings is 2. The third kappa shape index (κ3) is 3.29. The van der Waals surface area contributed by atoms with Crippen molar-refractivity contribution in [3.63, 3.8) is 0 Å². The van der Waals surface area contributed by atoms with Crippen LogP contribution in [0.4, 0.5) is 14.5 Å². The van der Waals surface area contributed by atoms with E-state index in [1.807, 2.05) is 31.2 Å². The second-order valence-corrected chi connectivity index (χ2v) is 4.45. The minimum Gasteiger partial charge on any atom is -0.377 e. The average Bonchev–Trinajstić information content (AvgIpc) is 2.36. The lowest BCUT2D eigenvalue weighted by Crippen LogP contribution is -2.21. The quantitative estimate of drug-likeness (QED) is 0.886. The molecule has 4 heteroatoms. The number of hydrogen-bond donors (Lipinski definition) is 2. The number of aryl methyl sites for hydroxylation is 1. The van der Waals surface area contributed by atoms with Gasteiger partial charge in [0.1, 0.15) is 11.6 Å². The van der Waals surface area contributed by atoms with Crippen molar-refractivity contribution in [3.8, 4) is 0 Å². The molecule has 0 aliphatic carbocycles. The molecule has 1 atom stereocenters. The third-order valence-corrected chi connectivity index (χ3v) is 3.00. The van der Waals surface area contributed by atoms with E-state index in [9.17, 15) is 8.78 Å². The fourth-order valence-electron chi connectivity index (χ4n) is 1.98. The van der Waals surface area contributed by atoms with Gasteiger partial charge in [0, 0.05) is 18.3 Å². The number of nitrogens with two attached hydrogens (primary N) is 1. The van der Waals surface area contributed by atoms with Gasteiger partial charge in [-0.3, -0.25) is 0 Å². The SMILES string of the molecule is Cc1ccccc1NC(CN)c1cc(F)cc(F)c1. The largest absolute Gasteiger partial charge is 0.377 e. The van der Waals surface area contributed by atoms with E-state index in [2.05, 4.69) is 5.32 Å². The summed E-state index contributed by atoms with van der Waals surface area (Å²) in [5.41, 5.74) is 8.16. The van der Waals surface area contributed by atoms with E-state index in [1.165, 1.54) is 12.1 Å². The van der Waals surface area contributed by atoms with Crippen molar-refractivity contribution < 1.29 is 8.78 Å². The summed E-state index contributed by atoms with van der Waals surface area (Å²) in [5, 5.41) is 3.21. The summed E-state index contributed by atoms with van der Waals surface area (Å²) in [6.07, 6.45) is 0. The first-order valence-corrected chi connectivity index (χ1v) is 6.08. The molecule has 0 bridgehead atoms. The van der Waals surface area contributed by atoms with Gasteiger partial charge in [0.05, 0.1) is 6.04 Å². The van der Waals surface area contributed by atoms with Gasteiger partial charge in [-0.25, -0.2) is 8.78 Å². The van der Waals surface area contributed by atoms with Gasteiger partial charge in [0.2, 0.25) is 0 Å². The maximum atomic E-state index is 13.2. The summed E-state index contributed by atoms with van der Waals surface area (Å²) in [5.74, 6) is -1.19. The lowest BCUT2D eigenvalue weighted by Gasteiger charge is -2.20. The molecule has 100 valence electrons. The van der Waals surface area contributed by atoms with E-state index in [4.69, 9.17) is 5.73 Å². The van der Waals surface area contributed by atoms with Gasteiger partial charge in [-0.05, 0) is 36.2 Å². The van der Waals surface area contributed by atoms with Crippen LogP contribution in [0.2, 0.25) is 0 Å². The summed E-state index contributed by atoms with van der Waals surface area (Å²) >= 11 is 0. The van der Waals surface area contributed by atoms with E-state index in [0.29, 0.717) is 5.56 Å². The number of anilines is 1. The molecule has 0 fully saturated rings. The Bertz CT molecular complexity index is 550. The molecule has 19 heavy (non-hydrogen) atoms. The van der Waals surface area contributed by atoms with Gasteiger partial charge >= 0.3 is 0 Å². The molecule has 0 saturated carbocycles. The minimum atomic E-state index is -0.597. The highest BCUT2D eigenvalue weighted by atomic mass is 19.1. The molecule has 0 radical (unpaired) electrons. The van der Waals surface area contributed by atoms with Crippen molar-refractivity contribution in [2.24, 2.45) is 5.73 Å². The Morgan fingerprint density at radius 3 is 2.32 bits per heavy atom. The molecule has 0 saturated heterocycles. The van der Waals surface area contributed by atoms with E-state index < -0.39 is 11.6 Å². The topological polar surface area (TPSA) is 38.0 Å². The molecular formula is C15H16F2N2. The first kappa shape index (κ1) is 13.5. The molecule has 2 aromatic rings. The zero-order chi connectivity index (χ0) is 13.8. The van der Waals surface area contributed by atoms with Crippen LogP contribution in [-0.4, -0.2) is 6.54 Å². The van der Waals surface area contributed by atoms with Crippen molar-refractivity contribution in [1.29, 1.82) is 0 Å². The Morgan fingerprint density at radius 1 is 1.11 bits per heavy atom. The van der Waals surface area contributed by atoms with Crippen LogP contribution < -0.4 is 11.1 Å². The molecule has 2 nitrogen and oxygen atoms in total. The van der Waals surface area contributed by atoms with Crippen LogP contribution in [0.1, 0.15) is 17.2 Å². The van der Waals surface area contributed by atoms with Crippen molar-refractivity contribution in [2.45, 2.75) is 13.0 Å². The highest BCUT2D eigenvalue weighted by Crippen LogP contribution is 2.22. The highest BCUT2D eigenvalue weighted by molar-refractivity contribution is 5.52. The Balaban J connectivity index is 2.28. The van der Waals surface area contributed by atoms with Crippen LogP contribution in [0.5, 0.6) is 0 Å². The molecular weight excluding hydrogens is 246 g/mol. The van der Waals surface area contributed by atoms with Crippen LogP contribution in [0.25, 0.3) is 0 Å². The van der Waals surface area contributed by atoms with Gasteiger partial charge in [-0.15, -0.1) is 0 Å². The van der Waals surface area contributed by atoms with Gasteiger partial charge in [0.15, 0.2) is 0 Å². The third-order valence-electron chi connectivity index (χ3n) is 3.00. The second kappa shape index (κ2) is 5.80. The maximum Gasteiger partial charge on any atom is 0.126 e. The van der Waals surface area contributed by atoms with Crippen molar-refractivity contribution in [2.75, 3.05) is 11.9 Å². The Hall–Kier alpha value is -1.94. The fourth-order valence-corrected chi connectivity index (χ4v) is 1.98. The molecule has 0 aromatic heterocycles. The highest BCUT2D eigenvalue weighted by Gasteiger charge is 2.12. The van der Waals surface area contributed by atoms with Crippen molar-refractivity contribution >= 4 is 5.69 Å². The second-order valence-electron chi connectivity index (χ2n) is 4.45. The number of hydrogen-bond acceptors (Lipinski definition) is 2. The lowest BCUT2D eigenvalue weighted by atomic mass is 10.1. The average molecular weight is 262 g/mol. The lowest BCUT2D eigenvalue weighted by molar-refractivity contribution is 0.576. The zero-order valence-electron chi connectivity index (χ0n) is 10.7. The molecule has 2 aromatic carbocycles. The standard InChI is InChI=1S/C15H16F2N2/c1-10-4-2-3-5-14(10)19-15(9-18)11-6-12(16)8-13(17)7-11/h2-8,15,19H,9,18H2,1H3. The summed E-state index contributed by atoms with van der Waals surface area (Å²) in [7, 11) is 0. The zero-order valence-corrected chi connectivity index (χ0v) is 10.7. The van der Waals surface area contributed by atoms with E-state index in [1.54, 1.807) is 0 Å². The van der Waals surface area contributed by atoms with Gasteiger partial charge in [-0.2, -0.15) is 0 Å². The van der Waals surface area contributed by atoms with E-state index in [-0.39, 0.29) is 12.6 Å². The molecule has 0 heterocycles. The summed E-state index contributed by atoms with van der Waals surface area (Å²) in [6.45, 7) is 2.21. The van der Waals surface area contributed by atoms with Gasteiger partial charge < -0.3 is 11.1 Å². The molecule has 3 N–H and O–H groups in total. The first-order valence-electron chi connectivity index (χ1n) is 6.08. The molecule has 0 amide bonds. The molecule has 0 aliphatic rings. The predicted octanol–water partition coefficient (Wildman–Crippen LogP) is 3.39. The number of halogens is 2. The molecule has 0 aliphatic heterocycles. The fraction of sp³-hybridized carbons (Fsp3) is 0.200. The maximum absolute atomic E-state index is 13.2. The normalized spacial score (nSPS) is 12.2. The molecule has 1 unspecified atom stereocenters. The van der Waals surface area contributed by atoms with Gasteiger partial charge in [0.25, 0.3) is 0 Å². The molecule has 0 spiro atoms. The summed E-state index contributed by atoms with van der Waals surface area (Å²) in [4.78, 5) is 0. The Labute approximate surface area is 111 Å². The first-order chi connectivity index (χ1) is 9.10. The summed E-state index contributed by atoms with van der Waals surface area (Å²) in [6, 6.07) is 10.8. The van der Waals surface area contributed by atoms with Crippen molar-refractivity contribution in [1.82, 2.24) is 0 Å². The summed E-state index contributed by atoms with van der Waals surface area (Å²) < 4.78 is 26.5. The number of rotatable bonds is 4. The van der Waals surface area contributed by atoms with E-state index >= 15 is 0 Å². The monoisotopic (exact) mass is 262 g/mol. The van der Waals surface area contributed by atoms with E-state index in [0.717, 1.165) is 17.3 Å². The van der Waals surface area contributed by atoms with Crippen LogP contribution in [0.15, 0.2) is 42.5 Å². The van der Waals surface area contributed by atoms with Crippen LogP contribution in [-0.2, 0) is 0 Å². The molecule has 2 rings (SSSR count).